The standard InChI is InChI=1S/C89H59N5/c1-7-23-66-46-76(39-33-60(66)17-1)91(77-40-34-61-18-2-8-24-67(61)47-77)82-52-72(53-83(56-82)92(78-41-35-62-19-3-9-25-68(62)48-78)79-42-36-63-20-4-10-26-69(63)49-79)74-45-75(59-90-58-74)73-54-84(57-85(55-73)94-88-31-15-13-29-86(88)87-30-14-16-32-89(87)94)93(80-43-37-64-21-5-11-27-70(64)50-80)81-44-38-65-22-6-12-28-71(65)51-81/h1-59H. The Morgan fingerprint density at radius 1 is 0.191 bits per heavy atom. The summed E-state index contributed by atoms with van der Waals surface area (Å²) in [5.74, 6) is 0. The molecule has 0 atom stereocenters. The molecule has 5 heteroatoms. The highest BCUT2D eigenvalue weighted by Crippen LogP contribution is 2.47. The van der Waals surface area contributed by atoms with Crippen molar-refractivity contribution in [1.29, 1.82) is 0 Å². The van der Waals surface area contributed by atoms with Crippen molar-refractivity contribution < 1.29 is 0 Å². The minimum atomic E-state index is 0.972. The van der Waals surface area contributed by atoms with Crippen LogP contribution in [0.4, 0.5) is 51.2 Å². The molecule has 440 valence electrons. The smallest absolute Gasteiger partial charge is 0.0541 e. The fourth-order valence-corrected chi connectivity index (χ4v) is 14.2. The minimum Gasteiger partial charge on any atom is -0.310 e. The van der Waals surface area contributed by atoms with Crippen LogP contribution in [0.3, 0.4) is 0 Å². The van der Waals surface area contributed by atoms with E-state index in [-0.39, 0.29) is 0 Å². The number of nitrogens with zero attached hydrogens (tertiary/aromatic N) is 5. The molecule has 16 aromatic carbocycles. The van der Waals surface area contributed by atoms with Crippen molar-refractivity contribution in [3.63, 3.8) is 0 Å². The summed E-state index contributed by atoms with van der Waals surface area (Å²) < 4.78 is 2.44. The molecule has 0 unspecified atom stereocenters. The van der Waals surface area contributed by atoms with Gasteiger partial charge in [-0.1, -0.05) is 218 Å². The second-order valence-electron chi connectivity index (χ2n) is 24.5. The maximum absolute atomic E-state index is 5.26. The lowest BCUT2D eigenvalue weighted by Crippen LogP contribution is -2.14. The van der Waals surface area contributed by atoms with E-state index < -0.39 is 0 Å². The van der Waals surface area contributed by atoms with Gasteiger partial charge in [-0.25, -0.2) is 0 Å². The summed E-state index contributed by atoms with van der Waals surface area (Å²) >= 11 is 0. The first kappa shape index (κ1) is 54.4. The Morgan fingerprint density at radius 2 is 0.457 bits per heavy atom. The molecule has 0 fully saturated rings. The van der Waals surface area contributed by atoms with Gasteiger partial charge in [-0.05, 0) is 203 Å². The highest BCUT2D eigenvalue weighted by atomic mass is 15.2. The van der Waals surface area contributed by atoms with E-state index in [1.54, 1.807) is 0 Å². The summed E-state index contributed by atoms with van der Waals surface area (Å²) in [6.45, 7) is 0. The van der Waals surface area contributed by atoms with Crippen molar-refractivity contribution in [2.24, 2.45) is 0 Å². The Kier molecular flexibility index (Phi) is 13.1. The molecule has 2 aromatic heterocycles. The molecule has 94 heavy (non-hydrogen) atoms. The van der Waals surface area contributed by atoms with Crippen molar-refractivity contribution in [3.8, 4) is 27.9 Å². The number of pyridine rings is 1. The van der Waals surface area contributed by atoms with E-state index in [1.165, 1.54) is 53.9 Å². The molecule has 0 saturated carbocycles. The number of anilines is 9. The van der Waals surface area contributed by atoms with Crippen molar-refractivity contribution in [2.45, 2.75) is 0 Å². The third kappa shape index (κ3) is 9.79. The third-order valence-corrected chi connectivity index (χ3v) is 18.8. The fourth-order valence-electron chi connectivity index (χ4n) is 14.2. The van der Waals surface area contributed by atoms with Crippen LogP contribution in [-0.2, 0) is 0 Å². The first-order chi connectivity index (χ1) is 46.5. The number of aromatic nitrogens is 2. The van der Waals surface area contributed by atoms with Crippen LogP contribution in [0.25, 0.3) is 114 Å². The summed E-state index contributed by atoms with van der Waals surface area (Å²) in [4.78, 5) is 12.5. The maximum atomic E-state index is 5.26. The number of para-hydroxylation sites is 2. The van der Waals surface area contributed by atoms with E-state index >= 15 is 0 Å². The summed E-state index contributed by atoms with van der Waals surface area (Å²) in [6.07, 6.45) is 4.07. The average Bonchev–Trinajstić information content (AvgIpc) is 1.50. The molecule has 0 saturated heterocycles. The molecule has 0 aliphatic rings. The monoisotopic (exact) mass is 1200 g/mol. The van der Waals surface area contributed by atoms with Crippen LogP contribution >= 0.6 is 0 Å². The Balaban J connectivity index is 0.888. The second kappa shape index (κ2) is 22.7. The molecule has 0 bridgehead atoms. The fraction of sp³-hybridized carbons (Fsp3) is 0. The van der Waals surface area contributed by atoms with Gasteiger partial charge in [-0.3, -0.25) is 4.98 Å². The SMILES string of the molecule is c1ccc2cc(N(c3cc(-c4cncc(-c5cc(N(c6ccc7ccccc7c6)c6ccc7ccccc7c6)cc(-n6c7ccccc7c7ccccc76)c5)c4)cc(N(c4ccc5ccccc5c4)c4ccc5ccccc5c4)c3)c3ccc4ccccc4c3)ccc2c1. The van der Waals surface area contributed by atoms with E-state index in [4.69, 9.17) is 4.98 Å². The molecule has 0 radical (unpaired) electrons. The van der Waals surface area contributed by atoms with E-state index in [0.29, 0.717) is 0 Å². The van der Waals surface area contributed by atoms with E-state index in [0.717, 1.165) is 112 Å². The van der Waals surface area contributed by atoms with E-state index in [1.807, 2.05) is 12.4 Å². The number of benzene rings is 16. The van der Waals surface area contributed by atoms with Crippen LogP contribution in [0, 0.1) is 0 Å². The van der Waals surface area contributed by atoms with Crippen LogP contribution in [0.15, 0.2) is 358 Å². The van der Waals surface area contributed by atoms with Gasteiger partial charge in [-0.2, -0.15) is 0 Å². The maximum Gasteiger partial charge on any atom is 0.0541 e. The van der Waals surface area contributed by atoms with Crippen molar-refractivity contribution in [3.05, 3.63) is 358 Å². The molecule has 18 aromatic rings. The van der Waals surface area contributed by atoms with E-state index in [2.05, 4.69) is 365 Å². The van der Waals surface area contributed by atoms with Gasteiger partial charge in [0.2, 0.25) is 0 Å². The second-order valence-corrected chi connectivity index (χ2v) is 24.5. The molecule has 0 aliphatic carbocycles. The molecule has 0 amide bonds. The lowest BCUT2D eigenvalue weighted by molar-refractivity contribution is 1.17. The highest BCUT2D eigenvalue weighted by Gasteiger charge is 2.24. The van der Waals surface area contributed by atoms with E-state index in [9.17, 15) is 0 Å². The summed E-state index contributed by atoms with van der Waals surface area (Å²) in [5, 5.41) is 16.5. The lowest BCUT2D eigenvalue weighted by atomic mass is 9.98. The van der Waals surface area contributed by atoms with Crippen molar-refractivity contribution in [1.82, 2.24) is 9.55 Å². The summed E-state index contributed by atoms with van der Waals surface area (Å²) in [6, 6.07) is 127. The number of rotatable bonds is 12. The van der Waals surface area contributed by atoms with Gasteiger partial charge in [0.15, 0.2) is 0 Å². The van der Waals surface area contributed by atoms with Gasteiger partial charge in [0.05, 0.1) is 11.0 Å². The molecule has 5 nitrogen and oxygen atoms in total. The Bertz CT molecular complexity index is 5530. The predicted octanol–water partition coefficient (Wildman–Crippen LogP) is 24.8. The molecule has 0 N–H and O–H groups in total. The summed E-state index contributed by atoms with van der Waals surface area (Å²) in [7, 11) is 0. The van der Waals surface area contributed by atoms with Crippen LogP contribution < -0.4 is 14.7 Å². The molecule has 0 spiro atoms. The van der Waals surface area contributed by atoms with Gasteiger partial charge in [-0.15, -0.1) is 0 Å². The molecule has 2 heterocycles. The zero-order valence-electron chi connectivity index (χ0n) is 51.3. The molecular formula is C89H59N5. The largest absolute Gasteiger partial charge is 0.310 e. The van der Waals surface area contributed by atoms with Crippen LogP contribution in [-0.4, -0.2) is 9.55 Å². The Labute approximate surface area is 544 Å². The lowest BCUT2D eigenvalue weighted by Gasteiger charge is -2.31. The zero-order valence-corrected chi connectivity index (χ0v) is 51.3. The van der Waals surface area contributed by atoms with Crippen LogP contribution in [0.5, 0.6) is 0 Å². The summed E-state index contributed by atoms with van der Waals surface area (Å²) in [5.41, 5.74) is 16.6. The predicted molar refractivity (Wildman–Crippen MR) is 399 cm³/mol. The third-order valence-electron chi connectivity index (χ3n) is 18.8. The van der Waals surface area contributed by atoms with Gasteiger partial charge >= 0.3 is 0 Å². The van der Waals surface area contributed by atoms with Crippen molar-refractivity contribution in [2.75, 3.05) is 14.7 Å². The first-order valence-electron chi connectivity index (χ1n) is 32.1. The average molecular weight is 1200 g/mol. The van der Waals surface area contributed by atoms with Gasteiger partial charge in [0.25, 0.3) is 0 Å². The van der Waals surface area contributed by atoms with Gasteiger partial charge < -0.3 is 19.3 Å². The quantitative estimate of drug-likeness (QED) is 0.122. The minimum absolute atomic E-state index is 0.972. The van der Waals surface area contributed by atoms with Gasteiger partial charge in [0.1, 0.15) is 0 Å². The number of hydrogen-bond donors (Lipinski definition) is 0. The Morgan fingerprint density at radius 3 is 0.777 bits per heavy atom. The van der Waals surface area contributed by atoms with Crippen LogP contribution in [0.1, 0.15) is 0 Å². The molecule has 0 aliphatic heterocycles. The Hall–Kier alpha value is -12.6. The first-order valence-corrected chi connectivity index (χ1v) is 32.1. The number of fused-ring (bicyclic) bond motifs is 9. The van der Waals surface area contributed by atoms with Crippen LogP contribution in [0.2, 0.25) is 0 Å². The highest BCUT2D eigenvalue weighted by molar-refractivity contribution is 6.10. The normalized spacial score (nSPS) is 11.6. The van der Waals surface area contributed by atoms with Gasteiger partial charge in [0, 0.05) is 91.2 Å². The number of hydrogen-bond acceptors (Lipinski definition) is 4. The molecular weight excluding hydrogens is 1140 g/mol. The molecule has 18 rings (SSSR count). The zero-order chi connectivity index (χ0) is 62.1. The topological polar surface area (TPSA) is 27.5 Å². The van der Waals surface area contributed by atoms with Crippen molar-refractivity contribution >= 4 is 138 Å².